The van der Waals surface area contributed by atoms with E-state index < -0.39 is 0 Å². The van der Waals surface area contributed by atoms with E-state index in [1.165, 1.54) is 11.6 Å². The Balaban J connectivity index is 1.81. The average molecular weight is 396 g/mol. The minimum atomic E-state index is -0.206. The minimum absolute atomic E-state index is 0.179. The highest BCUT2D eigenvalue weighted by molar-refractivity contribution is 9.10. The maximum atomic E-state index is 12.4. The molecule has 3 aromatic rings. The van der Waals surface area contributed by atoms with Gasteiger partial charge in [0.15, 0.2) is 4.67 Å². The van der Waals surface area contributed by atoms with Crippen LogP contribution >= 0.6 is 15.9 Å². The van der Waals surface area contributed by atoms with Crippen LogP contribution in [0.3, 0.4) is 0 Å². The lowest BCUT2D eigenvalue weighted by atomic mass is 9.98. The van der Waals surface area contributed by atoms with Gasteiger partial charge in [0.1, 0.15) is 5.76 Å². The largest absolute Gasteiger partial charge is 0.450 e. The summed E-state index contributed by atoms with van der Waals surface area (Å²) < 4.78 is 6.00. The van der Waals surface area contributed by atoms with E-state index in [4.69, 9.17) is 4.42 Å². The zero-order chi connectivity index (χ0) is 17.6. The van der Waals surface area contributed by atoms with E-state index >= 15 is 0 Å². The molecule has 0 aliphatic rings. The van der Waals surface area contributed by atoms with Gasteiger partial charge in [0.05, 0.1) is 6.04 Å². The molecule has 1 atom stereocenters. The molecule has 3 rings (SSSR count). The highest BCUT2D eigenvalue weighted by Crippen LogP contribution is 2.22. The molecule has 1 N–H and O–H groups in total. The van der Waals surface area contributed by atoms with Crippen molar-refractivity contribution in [1.82, 2.24) is 5.32 Å². The Hall–Kier alpha value is -2.59. The van der Waals surface area contributed by atoms with Gasteiger partial charge in [-0.1, -0.05) is 60.2 Å². The Morgan fingerprint density at radius 2 is 1.68 bits per heavy atom. The number of hydrogen-bond donors (Lipinski definition) is 1. The molecule has 0 saturated heterocycles. The molecule has 0 fully saturated rings. The van der Waals surface area contributed by atoms with Crippen LogP contribution in [0.4, 0.5) is 0 Å². The van der Waals surface area contributed by atoms with Crippen LogP contribution in [0.5, 0.6) is 0 Å². The predicted molar refractivity (Wildman–Crippen MR) is 103 cm³/mol. The second-order valence-corrected chi connectivity index (χ2v) is 6.52. The van der Waals surface area contributed by atoms with Crippen LogP contribution in [-0.2, 0) is 4.79 Å². The van der Waals surface area contributed by atoms with Gasteiger partial charge in [0, 0.05) is 6.08 Å². The molecule has 25 heavy (non-hydrogen) atoms. The first kappa shape index (κ1) is 17.2. The Labute approximate surface area is 155 Å². The van der Waals surface area contributed by atoms with Crippen LogP contribution in [-0.4, -0.2) is 5.91 Å². The van der Waals surface area contributed by atoms with Crippen molar-refractivity contribution < 1.29 is 9.21 Å². The molecule has 2 aromatic carbocycles. The molecule has 0 spiro atoms. The average Bonchev–Trinajstić information content (AvgIpc) is 3.05. The van der Waals surface area contributed by atoms with E-state index in [9.17, 15) is 4.79 Å². The van der Waals surface area contributed by atoms with Crippen molar-refractivity contribution in [1.29, 1.82) is 0 Å². The highest BCUT2D eigenvalue weighted by atomic mass is 79.9. The van der Waals surface area contributed by atoms with Gasteiger partial charge in [-0.15, -0.1) is 0 Å². The van der Waals surface area contributed by atoms with Crippen molar-refractivity contribution in [2.75, 3.05) is 0 Å². The van der Waals surface area contributed by atoms with Gasteiger partial charge in [-0.25, -0.2) is 0 Å². The van der Waals surface area contributed by atoms with Crippen molar-refractivity contribution in [2.45, 2.75) is 13.0 Å². The molecular formula is C21H18BrNO2. The second kappa shape index (κ2) is 7.99. The highest BCUT2D eigenvalue weighted by Gasteiger charge is 2.15. The molecule has 4 heteroatoms. The summed E-state index contributed by atoms with van der Waals surface area (Å²) in [6, 6.07) is 21.5. The molecule has 1 heterocycles. The van der Waals surface area contributed by atoms with Crippen LogP contribution in [0.15, 0.2) is 81.9 Å². The number of benzene rings is 2. The first-order chi connectivity index (χ1) is 12.1. The van der Waals surface area contributed by atoms with E-state index in [1.54, 1.807) is 18.2 Å². The summed E-state index contributed by atoms with van der Waals surface area (Å²) in [6.45, 7) is 2.05. The van der Waals surface area contributed by atoms with Crippen molar-refractivity contribution in [2.24, 2.45) is 0 Å². The summed E-state index contributed by atoms with van der Waals surface area (Å²) in [7, 11) is 0. The Kier molecular flexibility index (Phi) is 5.51. The fourth-order valence-corrected chi connectivity index (χ4v) is 2.85. The normalized spacial score (nSPS) is 12.2. The van der Waals surface area contributed by atoms with Crippen LogP contribution in [0.1, 0.15) is 28.5 Å². The third-order valence-electron chi connectivity index (χ3n) is 3.82. The molecule has 0 aliphatic carbocycles. The van der Waals surface area contributed by atoms with Crippen molar-refractivity contribution >= 4 is 27.9 Å². The monoisotopic (exact) mass is 395 g/mol. The number of carbonyl (C=O) groups is 1. The number of amides is 1. The van der Waals surface area contributed by atoms with E-state index in [1.807, 2.05) is 61.5 Å². The fraction of sp³-hybridized carbons (Fsp3) is 0.0952. The van der Waals surface area contributed by atoms with E-state index in [0.29, 0.717) is 10.4 Å². The molecule has 126 valence electrons. The molecule has 0 aliphatic heterocycles. The fourth-order valence-electron chi connectivity index (χ4n) is 2.53. The lowest BCUT2D eigenvalue weighted by Gasteiger charge is -2.19. The third kappa shape index (κ3) is 4.70. The maximum Gasteiger partial charge on any atom is 0.244 e. The molecule has 3 nitrogen and oxygen atoms in total. The Morgan fingerprint density at radius 1 is 1.00 bits per heavy atom. The number of furan rings is 1. The number of aryl methyl sites for hydroxylation is 1. The van der Waals surface area contributed by atoms with Gasteiger partial charge in [-0.2, -0.15) is 0 Å². The van der Waals surface area contributed by atoms with Crippen LogP contribution in [0, 0.1) is 6.92 Å². The number of halogens is 1. The quantitative estimate of drug-likeness (QED) is 0.597. The van der Waals surface area contributed by atoms with E-state index in [-0.39, 0.29) is 11.9 Å². The zero-order valence-electron chi connectivity index (χ0n) is 13.8. The number of rotatable bonds is 5. The maximum absolute atomic E-state index is 12.4. The molecule has 0 saturated carbocycles. The third-order valence-corrected chi connectivity index (χ3v) is 4.25. The van der Waals surface area contributed by atoms with E-state index in [2.05, 4.69) is 21.2 Å². The first-order valence-electron chi connectivity index (χ1n) is 7.97. The molecule has 1 amide bonds. The molecular weight excluding hydrogens is 378 g/mol. The summed E-state index contributed by atoms with van der Waals surface area (Å²) in [5.74, 6) is 0.440. The van der Waals surface area contributed by atoms with E-state index in [0.717, 1.165) is 11.1 Å². The summed E-state index contributed by atoms with van der Waals surface area (Å²) in [5, 5.41) is 3.07. The van der Waals surface area contributed by atoms with Crippen molar-refractivity contribution in [3.05, 3.63) is 99.9 Å². The lowest BCUT2D eigenvalue weighted by molar-refractivity contribution is -0.116. The minimum Gasteiger partial charge on any atom is -0.450 e. The van der Waals surface area contributed by atoms with Gasteiger partial charge in [-0.3, -0.25) is 4.79 Å². The van der Waals surface area contributed by atoms with Gasteiger partial charge in [0.25, 0.3) is 0 Å². The van der Waals surface area contributed by atoms with Gasteiger partial charge in [0.2, 0.25) is 5.91 Å². The number of nitrogens with one attached hydrogen (secondary N) is 1. The van der Waals surface area contributed by atoms with Crippen molar-refractivity contribution in [3.63, 3.8) is 0 Å². The SMILES string of the molecule is Cc1ccc(C(NC(=O)C=Cc2ccc(Br)o2)c2ccccc2)cc1. The standard InChI is InChI=1S/C21H18BrNO2/c1-15-7-9-17(10-8-15)21(16-5-3-2-4-6-16)23-20(24)14-12-18-11-13-19(22)25-18/h2-14,21H,1H3,(H,23,24). The number of carbonyl (C=O) groups excluding carboxylic acids is 1. The molecule has 0 bridgehead atoms. The summed E-state index contributed by atoms with van der Waals surface area (Å²) in [5.41, 5.74) is 3.26. The molecule has 1 aromatic heterocycles. The second-order valence-electron chi connectivity index (χ2n) is 5.74. The first-order valence-corrected chi connectivity index (χ1v) is 8.76. The van der Waals surface area contributed by atoms with Gasteiger partial charge < -0.3 is 9.73 Å². The summed E-state index contributed by atoms with van der Waals surface area (Å²) >= 11 is 3.25. The predicted octanol–water partition coefficient (Wildman–Crippen LogP) is 5.27. The summed E-state index contributed by atoms with van der Waals surface area (Å²) in [4.78, 5) is 12.4. The molecule has 0 radical (unpaired) electrons. The zero-order valence-corrected chi connectivity index (χ0v) is 15.4. The molecule has 1 unspecified atom stereocenters. The van der Waals surface area contributed by atoms with Gasteiger partial charge in [-0.05, 0) is 52.2 Å². The van der Waals surface area contributed by atoms with Crippen molar-refractivity contribution in [3.8, 4) is 0 Å². The van der Waals surface area contributed by atoms with Crippen LogP contribution in [0.25, 0.3) is 6.08 Å². The smallest absolute Gasteiger partial charge is 0.244 e. The van der Waals surface area contributed by atoms with Crippen LogP contribution < -0.4 is 5.32 Å². The Morgan fingerprint density at radius 3 is 2.32 bits per heavy atom. The topological polar surface area (TPSA) is 42.2 Å². The summed E-state index contributed by atoms with van der Waals surface area (Å²) in [6.07, 6.45) is 3.13. The lowest BCUT2D eigenvalue weighted by Crippen LogP contribution is -2.27. The number of hydrogen-bond acceptors (Lipinski definition) is 2. The van der Waals surface area contributed by atoms with Crippen LogP contribution in [0.2, 0.25) is 0 Å². The van der Waals surface area contributed by atoms with Gasteiger partial charge >= 0.3 is 0 Å². The Bertz CT molecular complexity index is 866.